The van der Waals surface area contributed by atoms with Gasteiger partial charge in [-0.1, -0.05) is 18.5 Å². The molecule has 1 aromatic carbocycles. The Morgan fingerprint density at radius 2 is 1.63 bits per heavy atom. The average molecular weight is 407 g/mol. The van der Waals surface area contributed by atoms with Gasteiger partial charge in [0.15, 0.2) is 5.78 Å². The van der Waals surface area contributed by atoms with Crippen molar-refractivity contribution >= 4 is 17.4 Å². The molecule has 0 spiro atoms. The molecule has 2 unspecified atom stereocenters. The van der Waals surface area contributed by atoms with Gasteiger partial charge in [-0.2, -0.15) is 0 Å². The van der Waals surface area contributed by atoms with Crippen LogP contribution in [0.5, 0.6) is 5.75 Å². The summed E-state index contributed by atoms with van der Waals surface area (Å²) in [4.78, 5) is 11.4. The van der Waals surface area contributed by atoms with E-state index < -0.39 is 34.0 Å². The molecule has 7 heteroatoms. The summed E-state index contributed by atoms with van der Waals surface area (Å²) in [6.45, 7) is 4.06. The van der Waals surface area contributed by atoms with Crippen LogP contribution in [0, 0.1) is 11.2 Å². The Bertz CT molecular complexity index is 751. The van der Waals surface area contributed by atoms with Gasteiger partial charge in [0.05, 0.1) is 17.2 Å². The van der Waals surface area contributed by atoms with Crippen LogP contribution in [0.25, 0.3) is 0 Å². The Hall–Kier alpha value is -1.30. The van der Waals surface area contributed by atoms with Gasteiger partial charge in [0.25, 0.3) is 0 Å². The molecular weight excluding hydrogens is 384 g/mol. The van der Waals surface area contributed by atoms with Crippen molar-refractivity contribution in [2.24, 2.45) is 5.41 Å². The highest BCUT2D eigenvalue weighted by molar-refractivity contribution is 6.32. The summed E-state index contributed by atoms with van der Waals surface area (Å²) in [5.74, 6) is -1.24. The van der Waals surface area contributed by atoms with E-state index in [-0.39, 0.29) is 55.0 Å². The first-order valence-corrected chi connectivity index (χ1v) is 9.31. The molecule has 2 aliphatic rings. The summed E-state index contributed by atoms with van der Waals surface area (Å²) in [7, 11) is 0. The highest BCUT2D eigenvalue weighted by Gasteiger charge is 2.62. The molecule has 2 bridgehead atoms. The summed E-state index contributed by atoms with van der Waals surface area (Å²) >= 11 is 6.05. The predicted octanol–water partition coefficient (Wildman–Crippen LogP) is 6.19. The monoisotopic (exact) mass is 406 g/mol. The fourth-order valence-electron chi connectivity index (χ4n) is 5.18. The molecule has 2 atom stereocenters. The minimum Gasteiger partial charge on any atom is -0.491 e. The van der Waals surface area contributed by atoms with Crippen molar-refractivity contribution in [1.82, 2.24) is 0 Å². The van der Waals surface area contributed by atoms with Crippen molar-refractivity contribution in [3.05, 3.63) is 28.5 Å². The van der Waals surface area contributed by atoms with Crippen LogP contribution in [-0.2, 0) is 0 Å². The molecule has 0 heterocycles. The van der Waals surface area contributed by atoms with Crippen LogP contribution in [0.2, 0.25) is 5.02 Å². The molecule has 0 aliphatic heterocycles. The fourth-order valence-corrected chi connectivity index (χ4v) is 5.40. The van der Waals surface area contributed by atoms with E-state index in [1.165, 1.54) is 19.9 Å². The van der Waals surface area contributed by atoms with Gasteiger partial charge in [-0.25, -0.2) is 17.6 Å². The second-order valence-corrected chi connectivity index (χ2v) is 9.42. The van der Waals surface area contributed by atoms with Crippen molar-refractivity contribution in [1.29, 1.82) is 0 Å². The molecule has 1 aromatic rings. The normalized spacial score (nSPS) is 38.5. The Morgan fingerprint density at radius 1 is 1.07 bits per heavy atom. The molecule has 0 amide bonds. The number of carbonyl (C=O) groups is 1. The standard InChI is InChI=1S/C20H23ClF4O2/c1-12(26)13-4-14(21)16(5-15(13)22)27-11-17(2)6-19(24)8-18(3,23)9-20(25,7-17)10-19/h4-5H,6-11H2,1-3H3. The van der Waals surface area contributed by atoms with E-state index in [4.69, 9.17) is 16.3 Å². The number of hydrogen-bond donors (Lipinski definition) is 0. The number of carbonyl (C=O) groups excluding carboxylic acids is 1. The summed E-state index contributed by atoms with van der Waals surface area (Å²) in [5.41, 5.74) is -6.81. The van der Waals surface area contributed by atoms with E-state index in [2.05, 4.69) is 0 Å². The lowest BCUT2D eigenvalue weighted by Gasteiger charge is -2.54. The Morgan fingerprint density at radius 3 is 2.15 bits per heavy atom. The number of rotatable bonds is 4. The number of ether oxygens (including phenoxy) is 1. The van der Waals surface area contributed by atoms with Gasteiger partial charge >= 0.3 is 0 Å². The number of ketones is 1. The van der Waals surface area contributed by atoms with E-state index in [0.717, 1.165) is 6.07 Å². The highest BCUT2D eigenvalue weighted by atomic mass is 35.5. The smallest absolute Gasteiger partial charge is 0.162 e. The van der Waals surface area contributed by atoms with Crippen LogP contribution in [0.1, 0.15) is 63.2 Å². The summed E-state index contributed by atoms with van der Waals surface area (Å²) in [5, 5.41) is 0.0439. The molecule has 150 valence electrons. The zero-order valence-corrected chi connectivity index (χ0v) is 16.4. The molecule has 2 nitrogen and oxygen atoms in total. The fraction of sp³-hybridized carbons (Fsp3) is 0.650. The van der Waals surface area contributed by atoms with Crippen molar-refractivity contribution in [3.63, 3.8) is 0 Å². The lowest BCUT2D eigenvalue weighted by molar-refractivity contribution is -0.153. The van der Waals surface area contributed by atoms with Crippen molar-refractivity contribution in [3.8, 4) is 5.75 Å². The van der Waals surface area contributed by atoms with Crippen LogP contribution in [0.4, 0.5) is 17.6 Å². The number of benzene rings is 1. The molecule has 0 radical (unpaired) electrons. The Labute approximate surface area is 161 Å². The number of halogens is 5. The minimum absolute atomic E-state index is 0.00673. The maximum Gasteiger partial charge on any atom is 0.162 e. The van der Waals surface area contributed by atoms with E-state index in [1.807, 2.05) is 0 Å². The quantitative estimate of drug-likeness (QED) is 0.440. The number of alkyl halides is 3. The number of hydrogen-bond acceptors (Lipinski definition) is 2. The van der Waals surface area contributed by atoms with Gasteiger partial charge in [0, 0.05) is 30.7 Å². The Balaban J connectivity index is 1.79. The van der Waals surface area contributed by atoms with Crippen molar-refractivity contribution in [2.45, 2.75) is 69.9 Å². The SMILES string of the molecule is CC(=O)c1cc(Cl)c(OCC2(C)CC3(F)CC(C)(F)CC(F)(C2)C3)cc1F. The molecule has 3 rings (SSSR count). The second kappa shape index (κ2) is 6.36. The molecule has 0 aromatic heterocycles. The van der Waals surface area contributed by atoms with Gasteiger partial charge in [-0.3, -0.25) is 4.79 Å². The lowest BCUT2D eigenvalue weighted by atomic mass is 9.56. The van der Waals surface area contributed by atoms with Gasteiger partial charge in [0.1, 0.15) is 28.6 Å². The van der Waals surface area contributed by atoms with Crippen LogP contribution >= 0.6 is 11.6 Å². The first-order valence-electron chi connectivity index (χ1n) is 8.94. The van der Waals surface area contributed by atoms with E-state index in [0.29, 0.717) is 0 Å². The maximum absolute atomic E-state index is 15.2. The van der Waals surface area contributed by atoms with E-state index in [1.54, 1.807) is 6.92 Å². The van der Waals surface area contributed by atoms with Crippen LogP contribution in [0.15, 0.2) is 12.1 Å². The maximum atomic E-state index is 15.2. The molecule has 0 saturated heterocycles. The average Bonchev–Trinajstić information content (AvgIpc) is 2.42. The summed E-state index contributed by atoms with van der Waals surface area (Å²) < 4.78 is 64.4. The number of fused-ring (bicyclic) bond motifs is 2. The predicted molar refractivity (Wildman–Crippen MR) is 95.3 cm³/mol. The molecular formula is C20H23ClF4O2. The second-order valence-electron chi connectivity index (χ2n) is 9.02. The van der Waals surface area contributed by atoms with Gasteiger partial charge in [0.2, 0.25) is 0 Å². The van der Waals surface area contributed by atoms with Gasteiger partial charge < -0.3 is 4.74 Å². The Kier molecular flexibility index (Phi) is 4.81. The van der Waals surface area contributed by atoms with Crippen LogP contribution in [0.3, 0.4) is 0 Å². The largest absolute Gasteiger partial charge is 0.491 e. The summed E-state index contributed by atoms with van der Waals surface area (Å²) in [6.07, 6.45) is -1.08. The molecule has 27 heavy (non-hydrogen) atoms. The molecule has 0 N–H and O–H groups in total. The molecule has 2 saturated carbocycles. The topological polar surface area (TPSA) is 26.3 Å². The zero-order valence-electron chi connectivity index (χ0n) is 15.6. The highest BCUT2D eigenvalue weighted by Crippen LogP contribution is 2.59. The van der Waals surface area contributed by atoms with Crippen molar-refractivity contribution in [2.75, 3.05) is 6.61 Å². The van der Waals surface area contributed by atoms with Gasteiger partial charge in [-0.05, 0) is 32.8 Å². The van der Waals surface area contributed by atoms with E-state index >= 15 is 8.78 Å². The first-order chi connectivity index (χ1) is 12.2. The minimum atomic E-state index is -1.94. The third-order valence-corrected chi connectivity index (χ3v) is 5.76. The van der Waals surface area contributed by atoms with Crippen molar-refractivity contribution < 1.29 is 27.1 Å². The van der Waals surface area contributed by atoms with Crippen LogP contribution < -0.4 is 4.74 Å². The zero-order chi connectivity index (χ0) is 20.3. The summed E-state index contributed by atoms with van der Waals surface area (Å²) in [6, 6.07) is 2.18. The number of Topliss-reactive ketones (excluding diaryl/α,β-unsaturated/α-hetero) is 1. The van der Waals surface area contributed by atoms with Crippen LogP contribution in [-0.4, -0.2) is 29.4 Å². The lowest BCUT2D eigenvalue weighted by Crippen LogP contribution is -2.58. The van der Waals surface area contributed by atoms with Gasteiger partial charge in [-0.15, -0.1) is 0 Å². The third kappa shape index (κ3) is 4.25. The molecule has 2 fully saturated rings. The van der Waals surface area contributed by atoms with E-state index in [9.17, 15) is 13.6 Å². The third-order valence-electron chi connectivity index (χ3n) is 5.47. The first kappa shape index (κ1) is 20.4. The molecule has 2 aliphatic carbocycles.